The minimum Gasteiger partial charge on any atom is -0.542 e. The first-order chi connectivity index (χ1) is 26.3. The largest absolute Gasteiger partial charge is 0.542 e. The smallest absolute Gasteiger partial charge is 0.430 e. The predicted molar refractivity (Wildman–Crippen MR) is 196 cm³/mol. The number of aliphatic carboxylic acids is 2. The number of hydrogen-bond acceptors (Lipinski definition) is 6. The molecule has 2 N–H and O–H groups in total. The summed E-state index contributed by atoms with van der Waals surface area (Å²) in [7, 11) is 0. The number of carbonyl (C=O) groups is 2. The van der Waals surface area contributed by atoms with Gasteiger partial charge in [-0.05, 0) is 29.3 Å². The number of rotatable bonds is 0. The summed E-state index contributed by atoms with van der Waals surface area (Å²) in [6.07, 6.45) is -6.21. The molecule has 6 aromatic rings. The molecule has 18 heteroatoms. The molecule has 6 heterocycles. The van der Waals surface area contributed by atoms with Crippen molar-refractivity contribution in [3.05, 3.63) is 140 Å². The van der Waals surface area contributed by atoms with Gasteiger partial charge in [-0.25, -0.2) is 0 Å². The van der Waals surface area contributed by atoms with Gasteiger partial charge in [0.05, 0.1) is 32.2 Å². The lowest BCUT2D eigenvalue weighted by Gasteiger charge is -2.13. The van der Waals surface area contributed by atoms with E-state index in [-0.39, 0.29) is 0 Å². The second-order valence-electron chi connectivity index (χ2n) is 12.2. The molecule has 0 amide bonds. The summed E-state index contributed by atoms with van der Waals surface area (Å²) in [6.45, 7) is 2.64. The van der Waals surface area contributed by atoms with E-state index in [0.717, 1.165) is 33.2 Å². The topological polar surface area (TPSA) is 112 Å². The number of pyridine rings is 2. The zero-order chi connectivity index (χ0) is 40.9. The average molecular weight is 858 g/mol. The van der Waals surface area contributed by atoms with Gasteiger partial charge < -0.3 is 30.4 Å². The van der Waals surface area contributed by atoms with Gasteiger partial charge in [0.15, 0.2) is 25.5 Å². The Morgan fingerprint density at radius 3 is 1.25 bits per heavy atom. The van der Waals surface area contributed by atoms with Crippen LogP contribution in [0, 0.1) is 0 Å². The second kappa shape index (κ2) is 17.4. The highest BCUT2D eigenvalue weighted by molar-refractivity contribution is 6.40. The summed E-state index contributed by atoms with van der Waals surface area (Å²) in [6, 6.07) is 28.9. The molecule has 0 atom stereocenters. The van der Waals surface area contributed by atoms with Crippen LogP contribution in [0.1, 0.15) is 22.3 Å². The molecule has 292 valence electrons. The predicted octanol–water partition coefficient (Wildman–Crippen LogP) is 7.41. The number of alkyl halides is 6. The lowest BCUT2D eigenvalue weighted by molar-refractivity contribution is -0.663. The summed E-state index contributed by atoms with van der Waals surface area (Å²) < 4.78 is 67.5. The number of nitrogens with zero attached hydrogens (tertiary/aromatic N) is 2. The summed E-state index contributed by atoms with van der Waals surface area (Å²) in [4.78, 5) is 17.6. The van der Waals surface area contributed by atoms with Crippen LogP contribution in [0.15, 0.2) is 97.3 Å². The molecular formula is C38H26Cl4F6N4O4. The first-order valence-corrected chi connectivity index (χ1v) is 17.6. The van der Waals surface area contributed by atoms with E-state index >= 15 is 0 Å². The van der Waals surface area contributed by atoms with Gasteiger partial charge in [0.1, 0.15) is 11.9 Å². The first-order valence-electron chi connectivity index (χ1n) is 16.1. The van der Waals surface area contributed by atoms with E-state index in [1.807, 2.05) is 12.1 Å². The van der Waals surface area contributed by atoms with Gasteiger partial charge in [0.2, 0.25) is 11.0 Å². The molecule has 56 heavy (non-hydrogen) atoms. The van der Waals surface area contributed by atoms with Crippen LogP contribution in [0.5, 0.6) is 0 Å². The van der Waals surface area contributed by atoms with Crippen molar-refractivity contribution in [2.24, 2.45) is 0 Å². The summed E-state index contributed by atoms with van der Waals surface area (Å²) in [5.41, 5.74) is 8.54. The van der Waals surface area contributed by atoms with Crippen LogP contribution in [0.3, 0.4) is 0 Å². The minimum absolute atomic E-state index is 0.603. The van der Waals surface area contributed by atoms with Crippen LogP contribution in [-0.2, 0) is 35.8 Å². The van der Waals surface area contributed by atoms with Gasteiger partial charge in [0, 0.05) is 58.5 Å². The number of fused-ring (bicyclic) bond motifs is 1. The normalized spacial score (nSPS) is 12.8. The SMILES string of the molecule is Clc1cc(Cl)c2c3cc[n+](c2c1)Cc1cccc(c1)C[n+]1ccc(c2c(Cl)cc(Cl)cc21)NCc1ccc(cc1)CN3.O=C([O-])C(F)(F)F.O=C([O-])C(F)(F)F. The molecule has 0 unspecified atom stereocenters. The molecular weight excluding hydrogens is 832 g/mol. The van der Waals surface area contributed by atoms with E-state index in [9.17, 15) is 26.3 Å². The zero-order valence-corrected chi connectivity index (χ0v) is 31.4. The lowest BCUT2D eigenvalue weighted by atomic mass is 10.1. The quantitative estimate of drug-likeness (QED) is 0.122. The fourth-order valence-corrected chi connectivity index (χ4v) is 6.89. The van der Waals surface area contributed by atoms with Crippen molar-refractivity contribution >= 4 is 91.5 Å². The van der Waals surface area contributed by atoms with E-state index in [0.29, 0.717) is 46.3 Å². The molecule has 2 aromatic heterocycles. The van der Waals surface area contributed by atoms with Gasteiger partial charge in [-0.3, -0.25) is 0 Å². The van der Waals surface area contributed by atoms with E-state index in [1.54, 1.807) is 12.1 Å². The highest BCUT2D eigenvalue weighted by Crippen LogP contribution is 2.34. The Morgan fingerprint density at radius 1 is 0.554 bits per heavy atom. The first kappa shape index (κ1) is 42.1. The van der Waals surface area contributed by atoms with Crippen LogP contribution < -0.4 is 30.0 Å². The molecule has 8 bridgehead atoms. The number of carboxylic acids is 2. The molecule has 0 aliphatic carbocycles. The number of hydrogen-bond donors (Lipinski definition) is 2. The van der Waals surface area contributed by atoms with Gasteiger partial charge in [-0.15, -0.1) is 0 Å². The summed E-state index contributed by atoms with van der Waals surface area (Å²) in [5, 5.41) is 29.1. The van der Waals surface area contributed by atoms with Crippen LogP contribution in [0.2, 0.25) is 20.1 Å². The second-order valence-corrected chi connectivity index (χ2v) is 13.9. The Kier molecular flexibility index (Phi) is 13.1. The fraction of sp³-hybridized carbons (Fsp3) is 0.158. The Bertz CT molecular complexity index is 2270. The van der Waals surface area contributed by atoms with Gasteiger partial charge in [0.25, 0.3) is 0 Å². The summed E-state index contributed by atoms with van der Waals surface area (Å²) >= 11 is 26.6. The molecule has 8 nitrogen and oxygen atoms in total. The van der Waals surface area contributed by atoms with Gasteiger partial charge in [-0.2, -0.15) is 35.5 Å². The third-order valence-electron chi connectivity index (χ3n) is 8.22. The number of aromatic nitrogens is 2. The maximum atomic E-state index is 10.5. The Labute approximate surface area is 334 Å². The molecule has 0 radical (unpaired) electrons. The molecule has 0 saturated carbocycles. The maximum Gasteiger partial charge on any atom is 0.430 e. The van der Waals surface area contributed by atoms with Crippen LogP contribution in [0.25, 0.3) is 21.8 Å². The molecule has 4 aliphatic rings. The number of carbonyl (C=O) groups excluding carboxylic acids is 2. The van der Waals surface area contributed by atoms with Crippen molar-refractivity contribution in [2.75, 3.05) is 10.6 Å². The van der Waals surface area contributed by atoms with E-state index in [1.165, 1.54) is 22.3 Å². The maximum absolute atomic E-state index is 10.5. The highest BCUT2D eigenvalue weighted by Gasteiger charge is 2.29. The molecule has 0 saturated heterocycles. The summed E-state index contributed by atoms with van der Waals surface area (Å²) in [5.74, 6) is -6.01. The number of halogens is 10. The van der Waals surface area contributed by atoms with Crippen LogP contribution >= 0.6 is 46.4 Å². The molecule has 4 aromatic carbocycles. The Balaban J connectivity index is 0.000000367. The molecule has 10 rings (SSSR count). The monoisotopic (exact) mass is 856 g/mol. The van der Waals surface area contributed by atoms with E-state index < -0.39 is 24.3 Å². The highest BCUT2D eigenvalue weighted by atomic mass is 35.5. The Morgan fingerprint density at radius 2 is 0.911 bits per heavy atom. The minimum atomic E-state index is -5.19. The average Bonchev–Trinajstić information content (AvgIpc) is 3.11. The van der Waals surface area contributed by atoms with E-state index in [2.05, 4.69) is 92.8 Å². The number of carboxylic acid groups (broad SMARTS) is 2. The van der Waals surface area contributed by atoms with Crippen molar-refractivity contribution in [1.82, 2.24) is 0 Å². The van der Waals surface area contributed by atoms with Gasteiger partial charge in [-0.1, -0.05) is 88.9 Å². The van der Waals surface area contributed by atoms with Crippen molar-refractivity contribution in [2.45, 2.75) is 38.5 Å². The third kappa shape index (κ3) is 10.6. The lowest BCUT2D eigenvalue weighted by Crippen LogP contribution is -2.37. The van der Waals surface area contributed by atoms with Crippen molar-refractivity contribution in [3.8, 4) is 0 Å². The number of anilines is 2. The fourth-order valence-electron chi connectivity index (χ4n) is 5.72. The van der Waals surface area contributed by atoms with Gasteiger partial charge >= 0.3 is 12.4 Å². The molecule has 0 fully saturated rings. The zero-order valence-electron chi connectivity index (χ0n) is 28.4. The third-order valence-corrected chi connectivity index (χ3v) is 9.25. The Hall–Kier alpha value is -5.02. The molecule has 4 aliphatic heterocycles. The van der Waals surface area contributed by atoms with Crippen molar-refractivity contribution < 1.29 is 55.3 Å². The van der Waals surface area contributed by atoms with E-state index in [4.69, 9.17) is 66.2 Å². The number of nitrogens with one attached hydrogen (secondary N) is 2. The van der Waals surface area contributed by atoms with Crippen molar-refractivity contribution in [3.63, 3.8) is 0 Å². The van der Waals surface area contributed by atoms with Crippen LogP contribution in [-0.4, -0.2) is 24.3 Å². The van der Waals surface area contributed by atoms with Crippen molar-refractivity contribution in [1.29, 1.82) is 0 Å². The van der Waals surface area contributed by atoms with Crippen LogP contribution in [0.4, 0.5) is 37.7 Å². The standard InChI is InChI=1S/C34H24Cl4N4.2C2HF3O2/c35-25-13-27(37)33-29-8-10-41(31(33)15-25)19-23-2-1-3-24(12-23)20-42-11-9-30(34-28(38)14-26(36)16-32(34)42)40-18-22-6-4-21(5-7-22)17-39-29;2*3-2(4,5)1(6)7/h1-16H,17-20H2;2*(H,6,7). The number of benzene rings is 4. The molecule has 0 spiro atoms.